The highest BCUT2D eigenvalue weighted by Gasteiger charge is 2.22. The molecule has 1 aliphatic carbocycles. The van der Waals surface area contributed by atoms with Crippen molar-refractivity contribution in [2.45, 2.75) is 32.1 Å². The molecule has 1 aromatic rings. The summed E-state index contributed by atoms with van der Waals surface area (Å²) >= 11 is 0. The van der Waals surface area contributed by atoms with Crippen LogP contribution in [0.1, 0.15) is 30.4 Å². The van der Waals surface area contributed by atoms with Gasteiger partial charge in [0.25, 0.3) is 5.69 Å². The van der Waals surface area contributed by atoms with E-state index < -0.39 is 0 Å². The maximum atomic E-state index is 10.9. The van der Waals surface area contributed by atoms with Crippen LogP contribution in [0.2, 0.25) is 0 Å². The maximum absolute atomic E-state index is 10.9. The minimum absolute atomic E-state index is 0.134. The third kappa shape index (κ3) is 1.79. The minimum atomic E-state index is -0.348. The molecule has 0 spiro atoms. The number of nitrogens with two attached hydrogens (primary N) is 1. The fraction of sp³-hybridized carbons (Fsp3) is 0.455. The van der Waals surface area contributed by atoms with Crippen molar-refractivity contribution in [2.24, 2.45) is 0 Å². The summed E-state index contributed by atoms with van der Waals surface area (Å²) in [7, 11) is 0. The summed E-state index contributed by atoms with van der Waals surface area (Å²) in [5.41, 5.74) is 8.04. The second-order valence-electron chi connectivity index (χ2n) is 3.96. The molecule has 0 saturated carbocycles. The molecule has 4 nitrogen and oxygen atoms in total. The highest BCUT2D eigenvalue weighted by molar-refractivity contribution is 5.64. The first-order valence-corrected chi connectivity index (χ1v) is 5.25. The number of benzene rings is 1. The second kappa shape index (κ2) is 3.88. The van der Waals surface area contributed by atoms with Crippen LogP contribution in [0.4, 0.5) is 11.4 Å². The highest BCUT2D eigenvalue weighted by atomic mass is 16.6. The van der Waals surface area contributed by atoms with Gasteiger partial charge in [0.15, 0.2) is 0 Å². The van der Waals surface area contributed by atoms with E-state index in [0.29, 0.717) is 5.69 Å². The zero-order valence-corrected chi connectivity index (χ0v) is 8.53. The summed E-state index contributed by atoms with van der Waals surface area (Å²) in [6, 6.07) is 3.59. The van der Waals surface area contributed by atoms with Crippen LogP contribution in [-0.2, 0) is 12.8 Å². The lowest BCUT2D eigenvalue weighted by molar-refractivity contribution is -0.384. The predicted molar refractivity (Wildman–Crippen MR) is 58.8 cm³/mol. The van der Waals surface area contributed by atoms with E-state index in [1.165, 1.54) is 0 Å². The zero-order chi connectivity index (χ0) is 10.8. The number of hydrogen-bond acceptors (Lipinski definition) is 3. The van der Waals surface area contributed by atoms with Gasteiger partial charge in [-0.2, -0.15) is 0 Å². The average molecular weight is 206 g/mol. The van der Waals surface area contributed by atoms with Gasteiger partial charge in [-0.05, 0) is 37.3 Å². The molecule has 0 heterocycles. The summed E-state index contributed by atoms with van der Waals surface area (Å²) < 4.78 is 0. The van der Waals surface area contributed by atoms with Gasteiger partial charge in [0, 0.05) is 5.56 Å². The van der Waals surface area contributed by atoms with Crippen molar-refractivity contribution in [3.63, 3.8) is 0 Å². The quantitative estimate of drug-likeness (QED) is 0.332. The molecule has 0 unspecified atom stereocenters. The lowest BCUT2D eigenvalue weighted by Gasteiger charge is -2.07. The smallest absolute Gasteiger partial charge is 0.295 e. The van der Waals surface area contributed by atoms with E-state index in [1.807, 2.05) is 6.07 Å². The average Bonchev–Trinajstić information content (AvgIpc) is 2.41. The molecular formula is C11H14N2O2. The molecule has 1 aromatic carbocycles. The van der Waals surface area contributed by atoms with E-state index in [-0.39, 0.29) is 10.6 Å². The Hall–Kier alpha value is -1.58. The Morgan fingerprint density at radius 3 is 2.67 bits per heavy atom. The largest absolute Gasteiger partial charge is 0.393 e. The predicted octanol–water partition coefficient (Wildman–Crippen LogP) is 2.45. The lowest BCUT2D eigenvalue weighted by atomic mass is 10.00. The van der Waals surface area contributed by atoms with E-state index in [2.05, 4.69) is 0 Å². The van der Waals surface area contributed by atoms with Crippen LogP contribution < -0.4 is 5.73 Å². The van der Waals surface area contributed by atoms with Crippen molar-refractivity contribution < 1.29 is 4.92 Å². The Balaban J connectivity index is 2.56. The molecule has 2 rings (SSSR count). The van der Waals surface area contributed by atoms with Crippen LogP contribution in [0.3, 0.4) is 0 Å². The minimum Gasteiger partial charge on any atom is -0.393 e. The zero-order valence-electron chi connectivity index (χ0n) is 8.53. The number of aryl methyl sites for hydroxylation is 1. The van der Waals surface area contributed by atoms with E-state index in [1.54, 1.807) is 6.07 Å². The first-order chi connectivity index (χ1) is 7.20. The van der Waals surface area contributed by atoms with Crippen molar-refractivity contribution in [2.75, 3.05) is 5.73 Å². The summed E-state index contributed by atoms with van der Waals surface area (Å²) in [5.74, 6) is 0. The fourth-order valence-electron chi connectivity index (χ4n) is 2.22. The summed E-state index contributed by atoms with van der Waals surface area (Å²) in [6.07, 6.45) is 5.02. The molecule has 0 aromatic heterocycles. The van der Waals surface area contributed by atoms with Gasteiger partial charge < -0.3 is 5.73 Å². The topological polar surface area (TPSA) is 69.2 Å². The number of nitro groups is 1. The van der Waals surface area contributed by atoms with Crippen molar-refractivity contribution in [1.82, 2.24) is 0 Å². The van der Waals surface area contributed by atoms with Crippen molar-refractivity contribution in [1.29, 1.82) is 0 Å². The first-order valence-electron chi connectivity index (χ1n) is 5.25. The molecule has 0 amide bonds. The lowest BCUT2D eigenvalue weighted by Crippen LogP contribution is -2.03. The van der Waals surface area contributed by atoms with Gasteiger partial charge in [0.05, 0.1) is 4.92 Å². The Kier molecular flexibility index (Phi) is 2.58. The molecule has 4 heteroatoms. The molecule has 80 valence electrons. The molecule has 0 aliphatic heterocycles. The molecule has 15 heavy (non-hydrogen) atoms. The fourth-order valence-corrected chi connectivity index (χ4v) is 2.22. The number of nitrogens with zero attached hydrogens (tertiary/aromatic N) is 1. The standard InChI is InChI=1S/C11H14N2O2/c12-10-7-6-8-4-2-1-3-5-9(8)11(10)13(14)15/h6-7H,1-5,12H2. The Labute approximate surface area is 88.2 Å². The van der Waals surface area contributed by atoms with Crippen LogP contribution >= 0.6 is 0 Å². The third-order valence-corrected chi connectivity index (χ3v) is 2.97. The number of nitrogen functional groups attached to an aromatic ring is 1. The maximum Gasteiger partial charge on any atom is 0.295 e. The SMILES string of the molecule is Nc1ccc2c(c1[N+](=O)[O-])CCCCC2. The molecule has 0 saturated heterocycles. The number of nitro benzene ring substituents is 1. The van der Waals surface area contributed by atoms with Gasteiger partial charge in [0.2, 0.25) is 0 Å². The van der Waals surface area contributed by atoms with Crippen molar-refractivity contribution in [3.05, 3.63) is 33.4 Å². The molecule has 0 fully saturated rings. The van der Waals surface area contributed by atoms with Crippen LogP contribution in [0.5, 0.6) is 0 Å². The number of fused-ring (bicyclic) bond motifs is 1. The van der Waals surface area contributed by atoms with Gasteiger partial charge in [-0.1, -0.05) is 12.5 Å². The van der Waals surface area contributed by atoms with Gasteiger partial charge in [-0.25, -0.2) is 0 Å². The van der Waals surface area contributed by atoms with E-state index in [4.69, 9.17) is 5.73 Å². The van der Waals surface area contributed by atoms with E-state index in [0.717, 1.165) is 43.2 Å². The molecule has 2 N–H and O–H groups in total. The molecular weight excluding hydrogens is 192 g/mol. The Morgan fingerprint density at radius 1 is 1.20 bits per heavy atom. The van der Waals surface area contributed by atoms with E-state index in [9.17, 15) is 10.1 Å². The van der Waals surface area contributed by atoms with Crippen molar-refractivity contribution in [3.8, 4) is 0 Å². The second-order valence-corrected chi connectivity index (χ2v) is 3.96. The van der Waals surface area contributed by atoms with Gasteiger partial charge in [0.1, 0.15) is 5.69 Å². The van der Waals surface area contributed by atoms with Crippen LogP contribution in [0.15, 0.2) is 12.1 Å². The van der Waals surface area contributed by atoms with E-state index >= 15 is 0 Å². The summed E-state index contributed by atoms with van der Waals surface area (Å²) in [5, 5.41) is 10.9. The van der Waals surface area contributed by atoms with Crippen LogP contribution in [0.25, 0.3) is 0 Å². The summed E-state index contributed by atoms with van der Waals surface area (Å²) in [4.78, 5) is 10.6. The normalized spacial score (nSPS) is 15.5. The number of hydrogen-bond donors (Lipinski definition) is 1. The van der Waals surface area contributed by atoms with Gasteiger partial charge in [-0.15, -0.1) is 0 Å². The molecule has 1 aliphatic rings. The van der Waals surface area contributed by atoms with Crippen LogP contribution in [-0.4, -0.2) is 4.92 Å². The Morgan fingerprint density at radius 2 is 1.93 bits per heavy atom. The number of rotatable bonds is 1. The molecule has 0 atom stereocenters. The van der Waals surface area contributed by atoms with Gasteiger partial charge in [-0.3, -0.25) is 10.1 Å². The Bertz CT molecular complexity index is 402. The van der Waals surface area contributed by atoms with Crippen LogP contribution in [0, 0.1) is 10.1 Å². The molecule has 0 radical (unpaired) electrons. The van der Waals surface area contributed by atoms with Gasteiger partial charge >= 0.3 is 0 Å². The summed E-state index contributed by atoms with van der Waals surface area (Å²) in [6.45, 7) is 0. The monoisotopic (exact) mass is 206 g/mol. The first kappa shape index (κ1) is 9.96. The highest BCUT2D eigenvalue weighted by Crippen LogP contribution is 2.33. The van der Waals surface area contributed by atoms with Crippen molar-refractivity contribution >= 4 is 11.4 Å². The number of anilines is 1. The molecule has 0 bridgehead atoms. The third-order valence-electron chi connectivity index (χ3n) is 2.97.